The molecule has 1 aliphatic rings. The van der Waals surface area contributed by atoms with Crippen molar-refractivity contribution in [2.75, 3.05) is 20.6 Å². The standard InChI is InChI=1S/C9H23N3Si/c1-4-12(13(10-2)11-3)9-7-5-6-8-9/h9-11,13H,4-8H2,1-3H3. The highest BCUT2D eigenvalue weighted by atomic mass is 28.3. The number of nitrogens with one attached hydrogen (secondary N) is 2. The molecule has 0 spiro atoms. The van der Waals surface area contributed by atoms with E-state index in [0.717, 1.165) is 6.04 Å². The molecule has 0 aliphatic heterocycles. The summed E-state index contributed by atoms with van der Waals surface area (Å²) in [6, 6.07) is 0.849. The van der Waals surface area contributed by atoms with Crippen LogP contribution in [-0.4, -0.2) is 40.5 Å². The average Bonchev–Trinajstić information content (AvgIpc) is 2.66. The molecule has 0 aromatic carbocycles. The summed E-state index contributed by atoms with van der Waals surface area (Å²) in [7, 11) is 3.12. The van der Waals surface area contributed by atoms with Gasteiger partial charge < -0.3 is 9.96 Å². The van der Waals surface area contributed by atoms with Gasteiger partial charge in [0.1, 0.15) is 0 Å². The van der Waals surface area contributed by atoms with Crippen molar-refractivity contribution in [1.82, 2.24) is 14.5 Å². The lowest BCUT2D eigenvalue weighted by Gasteiger charge is -2.33. The van der Waals surface area contributed by atoms with Crippen LogP contribution < -0.4 is 9.96 Å². The van der Waals surface area contributed by atoms with Crippen LogP contribution in [0.1, 0.15) is 32.6 Å². The number of hydrogen-bond donors (Lipinski definition) is 2. The van der Waals surface area contributed by atoms with Crippen LogP contribution in [0.5, 0.6) is 0 Å². The topological polar surface area (TPSA) is 27.3 Å². The molecule has 78 valence electrons. The van der Waals surface area contributed by atoms with Crippen LogP contribution in [0.15, 0.2) is 0 Å². The van der Waals surface area contributed by atoms with Crippen molar-refractivity contribution < 1.29 is 0 Å². The molecule has 0 aromatic rings. The lowest BCUT2D eigenvalue weighted by molar-refractivity contribution is 0.330. The molecule has 13 heavy (non-hydrogen) atoms. The molecule has 4 heteroatoms. The Labute approximate surface area is 83.7 Å². The lowest BCUT2D eigenvalue weighted by Crippen LogP contribution is -2.60. The van der Waals surface area contributed by atoms with E-state index in [1.165, 1.54) is 32.2 Å². The molecule has 3 nitrogen and oxygen atoms in total. The van der Waals surface area contributed by atoms with E-state index >= 15 is 0 Å². The zero-order valence-electron chi connectivity index (χ0n) is 9.14. The molecule has 0 saturated heterocycles. The minimum absolute atomic E-state index is 0.849. The van der Waals surface area contributed by atoms with Crippen LogP contribution >= 0.6 is 0 Å². The maximum absolute atomic E-state index is 3.43. The van der Waals surface area contributed by atoms with Gasteiger partial charge in [0, 0.05) is 6.04 Å². The monoisotopic (exact) mass is 201 g/mol. The van der Waals surface area contributed by atoms with Crippen molar-refractivity contribution in [3.05, 3.63) is 0 Å². The molecule has 1 saturated carbocycles. The summed E-state index contributed by atoms with van der Waals surface area (Å²) >= 11 is 0. The first-order valence-electron chi connectivity index (χ1n) is 5.43. The van der Waals surface area contributed by atoms with Crippen molar-refractivity contribution in [3.63, 3.8) is 0 Å². The quantitative estimate of drug-likeness (QED) is 0.631. The molecule has 0 unspecified atom stereocenters. The fraction of sp³-hybridized carbons (Fsp3) is 1.00. The molecule has 1 rings (SSSR count). The smallest absolute Gasteiger partial charge is 0.267 e. The second kappa shape index (κ2) is 5.75. The molecule has 0 radical (unpaired) electrons. The highest BCUT2D eigenvalue weighted by Crippen LogP contribution is 2.23. The number of nitrogens with zero attached hydrogens (tertiary/aromatic N) is 1. The van der Waals surface area contributed by atoms with Gasteiger partial charge in [0.25, 0.3) is 9.28 Å². The van der Waals surface area contributed by atoms with Gasteiger partial charge in [-0.1, -0.05) is 19.8 Å². The summed E-state index contributed by atoms with van der Waals surface area (Å²) in [5, 5.41) is 0. The molecular formula is C9H23N3Si. The Balaban J connectivity index is 2.48. The molecule has 0 atom stereocenters. The van der Waals surface area contributed by atoms with Crippen molar-refractivity contribution in [2.45, 2.75) is 38.6 Å². The van der Waals surface area contributed by atoms with Crippen molar-refractivity contribution in [2.24, 2.45) is 0 Å². The lowest BCUT2D eigenvalue weighted by atomic mass is 10.2. The second-order valence-corrected chi connectivity index (χ2v) is 6.37. The maximum atomic E-state index is 3.43. The van der Waals surface area contributed by atoms with E-state index in [1.54, 1.807) is 0 Å². The predicted octanol–water partition coefficient (Wildman–Crippen LogP) is 0.407. The van der Waals surface area contributed by atoms with E-state index in [4.69, 9.17) is 0 Å². The van der Waals surface area contributed by atoms with Gasteiger partial charge >= 0.3 is 0 Å². The van der Waals surface area contributed by atoms with E-state index in [0.29, 0.717) is 0 Å². The van der Waals surface area contributed by atoms with Crippen LogP contribution in [0.2, 0.25) is 0 Å². The highest BCUT2D eigenvalue weighted by Gasteiger charge is 2.26. The Morgan fingerprint density at radius 2 is 1.77 bits per heavy atom. The summed E-state index contributed by atoms with van der Waals surface area (Å²) in [5.74, 6) is 0. The van der Waals surface area contributed by atoms with Crippen LogP contribution in [0.4, 0.5) is 0 Å². The van der Waals surface area contributed by atoms with E-state index in [9.17, 15) is 0 Å². The summed E-state index contributed by atoms with van der Waals surface area (Å²) in [6.45, 7) is 3.45. The molecule has 2 N–H and O–H groups in total. The van der Waals surface area contributed by atoms with E-state index in [2.05, 4.69) is 35.5 Å². The van der Waals surface area contributed by atoms with Crippen molar-refractivity contribution >= 4 is 9.28 Å². The highest BCUT2D eigenvalue weighted by molar-refractivity contribution is 6.50. The van der Waals surface area contributed by atoms with Gasteiger partial charge in [0.15, 0.2) is 0 Å². The predicted molar refractivity (Wildman–Crippen MR) is 59.9 cm³/mol. The van der Waals surface area contributed by atoms with Gasteiger partial charge in [-0.05, 0) is 33.5 Å². The van der Waals surface area contributed by atoms with Crippen molar-refractivity contribution in [3.8, 4) is 0 Å². The zero-order chi connectivity index (χ0) is 9.68. The minimum atomic E-state index is -1.03. The van der Waals surface area contributed by atoms with Crippen LogP contribution in [-0.2, 0) is 0 Å². The fourth-order valence-corrected chi connectivity index (χ4v) is 4.40. The van der Waals surface area contributed by atoms with E-state index in [-0.39, 0.29) is 0 Å². The van der Waals surface area contributed by atoms with Gasteiger partial charge in [0.2, 0.25) is 0 Å². The molecule has 0 amide bonds. The molecule has 1 aliphatic carbocycles. The first-order chi connectivity index (χ1) is 6.33. The second-order valence-electron chi connectivity index (χ2n) is 3.75. The Kier molecular flexibility index (Phi) is 4.94. The third-order valence-corrected chi connectivity index (χ3v) is 5.58. The molecule has 0 heterocycles. The summed E-state index contributed by atoms with van der Waals surface area (Å²) in [6.07, 6.45) is 5.66. The van der Waals surface area contributed by atoms with Gasteiger partial charge in [0.05, 0.1) is 0 Å². The van der Waals surface area contributed by atoms with E-state index < -0.39 is 9.28 Å². The Morgan fingerprint density at radius 3 is 2.15 bits per heavy atom. The summed E-state index contributed by atoms with van der Waals surface area (Å²) in [5.41, 5.74) is 0. The first-order valence-corrected chi connectivity index (χ1v) is 7.10. The number of rotatable bonds is 5. The molecule has 0 bridgehead atoms. The van der Waals surface area contributed by atoms with Gasteiger partial charge in [-0.2, -0.15) is 0 Å². The summed E-state index contributed by atoms with van der Waals surface area (Å²) in [4.78, 5) is 6.87. The maximum Gasteiger partial charge on any atom is 0.267 e. The largest absolute Gasteiger partial charge is 0.318 e. The van der Waals surface area contributed by atoms with E-state index in [1.807, 2.05) is 0 Å². The zero-order valence-corrected chi connectivity index (χ0v) is 10.3. The van der Waals surface area contributed by atoms with Crippen LogP contribution in [0, 0.1) is 0 Å². The third kappa shape index (κ3) is 2.77. The molecular weight excluding hydrogens is 178 g/mol. The average molecular weight is 201 g/mol. The Bertz CT molecular complexity index is 131. The van der Waals surface area contributed by atoms with Crippen LogP contribution in [0.3, 0.4) is 0 Å². The minimum Gasteiger partial charge on any atom is -0.318 e. The summed E-state index contributed by atoms with van der Waals surface area (Å²) < 4.78 is 2.66. The van der Waals surface area contributed by atoms with Gasteiger partial charge in [-0.25, -0.2) is 0 Å². The number of hydrogen-bond acceptors (Lipinski definition) is 3. The van der Waals surface area contributed by atoms with Gasteiger partial charge in [-0.3, -0.25) is 4.57 Å². The molecule has 1 fully saturated rings. The SMILES string of the molecule is CCN(C1CCCC1)[SiH](NC)NC. The van der Waals surface area contributed by atoms with Crippen LogP contribution in [0.25, 0.3) is 0 Å². The van der Waals surface area contributed by atoms with Gasteiger partial charge in [-0.15, -0.1) is 0 Å². The van der Waals surface area contributed by atoms with Crippen molar-refractivity contribution in [1.29, 1.82) is 0 Å². The third-order valence-electron chi connectivity index (χ3n) is 3.04. The Hall–Kier alpha value is 0.0969. The normalized spacial score (nSPS) is 19.2. The fourth-order valence-electron chi connectivity index (χ4n) is 2.36. The Morgan fingerprint density at radius 1 is 1.23 bits per heavy atom. The molecule has 0 aromatic heterocycles. The first kappa shape index (κ1) is 11.2.